The van der Waals surface area contributed by atoms with E-state index in [1.807, 2.05) is 14.2 Å². The van der Waals surface area contributed by atoms with Crippen molar-refractivity contribution in [1.82, 2.24) is 0 Å². The summed E-state index contributed by atoms with van der Waals surface area (Å²) in [5.41, 5.74) is 0.653. The van der Waals surface area contributed by atoms with Gasteiger partial charge in [0.2, 0.25) is 0 Å². The van der Waals surface area contributed by atoms with Gasteiger partial charge in [0.05, 0.1) is 0 Å². The van der Waals surface area contributed by atoms with Crippen LogP contribution in [0.25, 0.3) is 0 Å². The summed E-state index contributed by atoms with van der Waals surface area (Å²) in [6.45, 7) is 31.7. The van der Waals surface area contributed by atoms with Crippen LogP contribution in [0.15, 0.2) is 0 Å². The lowest BCUT2D eigenvalue weighted by Crippen LogP contribution is -2.67. The molecule has 0 spiro atoms. The highest BCUT2D eigenvalue weighted by molar-refractivity contribution is 6.91. The third kappa shape index (κ3) is 15.7. The summed E-state index contributed by atoms with van der Waals surface area (Å²) in [4.78, 5) is 0. The summed E-state index contributed by atoms with van der Waals surface area (Å²) in [6, 6.07) is 2.90. The molecule has 0 radical (unpaired) electrons. The van der Waals surface area contributed by atoms with Gasteiger partial charge in [0.1, 0.15) is 0 Å². The summed E-state index contributed by atoms with van der Waals surface area (Å²) in [5.74, 6) is 0. The molecule has 0 saturated carbocycles. The fraction of sp³-hybridized carbons (Fsp3) is 1.00. The van der Waals surface area contributed by atoms with E-state index in [9.17, 15) is 0 Å². The Labute approximate surface area is 295 Å². The van der Waals surface area contributed by atoms with Crippen LogP contribution >= 0.6 is 0 Å². The number of hydrogen-bond acceptors (Lipinski definition) is 9. The minimum Gasteiger partial charge on any atom is -0.415 e. The molecule has 0 aliphatic rings. The molecule has 0 aromatic rings. The molecule has 47 heavy (non-hydrogen) atoms. The third-order valence-corrected chi connectivity index (χ3v) is 29.3. The summed E-state index contributed by atoms with van der Waals surface area (Å²) >= 11 is 0. The van der Waals surface area contributed by atoms with Gasteiger partial charge in [0, 0.05) is 91.3 Å². The van der Waals surface area contributed by atoms with Gasteiger partial charge in [-0.25, -0.2) is 0 Å². The molecular formula is C34H78O9Si4. The Morgan fingerprint density at radius 1 is 0.340 bits per heavy atom. The Morgan fingerprint density at radius 2 is 0.553 bits per heavy atom. The maximum Gasteiger partial charge on any atom is 0.334 e. The smallest absolute Gasteiger partial charge is 0.334 e. The second-order valence-corrected chi connectivity index (χ2v) is 30.4. The molecule has 0 N–H and O–H groups in total. The van der Waals surface area contributed by atoms with Gasteiger partial charge in [-0.1, -0.05) is 83.1 Å². The van der Waals surface area contributed by atoms with Crippen molar-refractivity contribution in [3.8, 4) is 0 Å². The third-order valence-electron chi connectivity index (χ3n) is 9.02. The molecule has 9 nitrogen and oxygen atoms in total. The van der Waals surface area contributed by atoms with Crippen LogP contribution in [0.2, 0.25) is 46.3 Å². The van der Waals surface area contributed by atoms with Crippen LogP contribution in [0, 0.1) is 0 Å². The lowest BCUT2D eigenvalue weighted by Gasteiger charge is -2.51. The molecule has 284 valence electrons. The molecule has 0 rings (SSSR count). The predicted octanol–water partition coefficient (Wildman–Crippen LogP) is 9.44. The Hall–Kier alpha value is 0.508. The molecule has 4 unspecified atom stereocenters. The average molecular weight is 743 g/mol. The van der Waals surface area contributed by atoms with E-state index in [0.717, 1.165) is 51.0 Å². The van der Waals surface area contributed by atoms with Crippen molar-refractivity contribution in [2.45, 2.75) is 155 Å². The van der Waals surface area contributed by atoms with E-state index in [1.54, 1.807) is 0 Å². The summed E-state index contributed by atoms with van der Waals surface area (Å²) in [6.07, 6.45) is 3.90. The highest BCUT2D eigenvalue weighted by Crippen LogP contribution is 2.45. The first-order valence-corrected chi connectivity index (χ1v) is 27.2. The van der Waals surface area contributed by atoms with E-state index in [2.05, 4.69) is 83.1 Å². The van der Waals surface area contributed by atoms with Gasteiger partial charge < -0.3 is 40.1 Å². The summed E-state index contributed by atoms with van der Waals surface area (Å²) < 4.78 is 60.6. The lowest BCUT2D eigenvalue weighted by atomic mass is 10.5. The number of ether oxygens (including phenoxy) is 4. The fourth-order valence-corrected chi connectivity index (χ4v) is 27.9. The van der Waals surface area contributed by atoms with Gasteiger partial charge in [-0.15, -0.1) is 0 Å². The zero-order valence-corrected chi connectivity index (χ0v) is 37.3. The number of hydrogen-bond donors (Lipinski definition) is 0. The van der Waals surface area contributed by atoms with E-state index in [-0.39, 0.29) is 22.2 Å². The van der Waals surface area contributed by atoms with Crippen LogP contribution in [0.1, 0.15) is 109 Å². The summed E-state index contributed by atoms with van der Waals surface area (Å²) in [5, 5.41) is 0. The molecule has 0 saturated heterocycles. The Bertz CT molecular complexity index is 707. The lowest BCUT2D eigenvalue weighted by molar-refractivity contribution is 0.122. The van der Waals surface area contributed by atoms with Gasteiger partial charge in [-0.3, -0.25) is 0 Å². The molecule has 0 aliphatic heterocycles. The second kappa shape index (κ2) is 25.5. The van der Waals surface area contributed by atoms with Gasteiger partial charge >= 0.3 is 34.2 Å². The van der Waals surface area contributed by atoms with Crippen molar-refractivity contribution >= 4 is 34.2 Å². The molecule has 0 bridgehead atoms. The monoisotopic (exact) mass is 742 g/mol. The van der Waals surface area contributed by atoms with E-state index in [0.29, 0.717) is 51.7 Å². The molecule has 0 amide bonds. The molecule has 13 heteroatoms. The van der Waals surface area contributed by atoms with E-state index in [4.69, 9.17) is 40.1 Å². The number of rotatable bonds is 32. The van der Waals surface area contributed by atoms with Crippen LogP contribution in [-0.2, 0) is 40.1 Å². The van der Waals surface area contributed by atoms with Crippen molar-refractivity contribution in [2.75, 3.05) is 67.1 Å². The van der Waals surface area contributed by atoms with Crippen molar-refractivity contribution < 1.29 is 40.1 Å². The highest BCUT2D eigenvalue weighted by Gasteiger charge is 2.60. The van der Waals surface area contributed by atoms with E-state index in [1.165, 1.54) is 0 Å². The van der Waals surface area contributed by atoms with Gasteiger partial charge in [-0.05, 0) is 47.8 Å². The maximum absolute atomic E-state index is 7.88. The van der Waals surface area contributed by atoms with Gasteiger partial charge in [-0.2, -0.15) is 0 Å². The average Bonchev–Trinajstić information content (AvgIpc) is 3.03. The Kier molecular flexibility index (Phi) is 25.7. The first kappa shape index (κ1) is 47.5. The fourth-order valence-electron chi connectivity index (χ4n) is 5.69. The SMILES string of the molecule is CCCOCC[Si](OC)(O[Si](CCOCCC)(O[Si](CCOCCC)(O[Si](CCOCCC)(OC)C(C)C)C(C)C)C(C)C)C(C)C. The molecule has 0 aromatic carbocycles. The zero-order chi connectivity index (χ0) is 36.0. The quantitative estimate of drug-likeness (QED) is 0.0495. The van der Waals surface area contributed by atoms with Crippen LogP contribution in [0.4, 0.5) is 0 Å². The topological polar surface area (TPSA) is 83.1 Å². The van der Waals surface area contributed by atoms with Crippen molar-refractivity contribution in [1.29, 1.82) is 0 Å². The molecular weight excluding hydrogens is 665 g/mol. The van der Waals surface area contributed by atoms with Gasteiger partial charge in [0.15, 0.2) is 0 Å². The molecule has 0 fully saturated rings. The van der Waals surface area contributed by atoms with E-state index < -0.39 is 34.2 Å². The maximum atomic E-state index is 7.88. The molecule has 0 aliphatic carbocycles. The Balaban J connectivity index is 7.27. The standard InChI is InChI=1S/C34H78O9Si4/c1-15-19-37-23-27-44(35-13,31(5)6)41-46(33(9)10,29-25-39-21-17-3)43-47(34(11)12,30-26-40-22-18-4)42-45(36-14,32(7)8)28-24-38-20-16-2/h31-34H,15-30H2,1-14H3. The minimum atomic E-state index is -3.10. The van der Waals surface area contributed by atoms with Crippen LogP contribution in [0.3, 0.4) is 0 Å². The van der Waals surface area contributed by atoms with E-state index >= 15 is 0 Å². The Morgan fingerprint density at radius 3 is 0.745 bits per heavy atom. The zero-order valence-electron chi connectivity index (χ0n) is 33.3. The first-order valence-electron chi connectivity index (χ1n) is 18.8. The summed E-state index contributed by atoms with van der Waals surface area (Å²) in [7, 11) is -8.17. The van der Waals surface area contributed by atoms with Crippen molar-refractivity contribution in [3.05, 3.63) is 0 Å². The second-order valence-electron chi connectivity index (χ2n) is 14.0. The predicted molar refractivity (Wildman–Crippen MR) is 204 cm³/mol. The highest BCUT2D eigenvalue weighted by atomic mass is 28.5. The first-order chi connectivity index (χ1) is 22.3. The molecule has 0 heterocycles. The minimum absolute atomic E-state index is 0.126. The van der Waals surface area contributed by atoms with Crippen LogP contribution < -0.4 is 0 Å². The molecule has 0 aromatic heterocycles. The van der Waals surface area contributed by atoms with Crippen molar-refractivity contribution in [3.63, 3.8) is 0 Å². The van der Waals surface area contributed by atoms with Crippen LogP contribution in [-0.4, -0.2) is 101 Å². The van der Waals surface area contributed by atoms with Crippen molar-refractivity contribution in [2.24, 2.45) is 0 Å². The molecule has 4 atom stereocenters. The normalized spacial score (nSPS) is 17.7. The van der Waals surface area contributed by atoms with Crippen LogP contribution in [0.5, 0.6) is 0 Å². The van der Waals surface area contributed by atoms with Gasteiger partial charge in [0.25, 0.3) is 0 Å². The largest absolute Gasteiger partial charge is 0.415 e.